The summed E-state index contributed by atoms with van der Waals surface area (Å²) in [7, 11) is -3.14. The number of halogens is 1. The van der Waals surface area contributed by atoms with Crippen molar-refractivity contribution < 1.29 is 13.2 Å². The van der Waals surface area contributed by atoms with Gasteiger partial charge >= 0.3 is 0 Å². The number of rotatable bonds is 6. The number of amides is 1. The summed E-state index contributed by atoms with van der Waals surface area (Å²) < 4.78 is 26.0. The topological polar surface area (TPSA) is 78.5 Å². The Kier molecular flexibility index (Phi) is 8.98. The summed E-state index contributed by atoms with van der Waals surface area (Å²) in [5.74, 6) is 0.292. The number of nitrogens with zero attached hydrogens (tertiary/aromatic N) is 1. The molecule has 0 bridgehead atoms. The van der Waals surface area contributed by atoms with E-state index < -0.39 is 10.0 Å². The molecular weight excluding hydrogens is 350 g/mol. The molecule has 2 saturated heterocycles. The quantitative estimate of drug-likeness (QED) is 0.730. The molecule has 0 aliphatic carbocycles. The molecule has 2 N–H and O–H groups in total. The molecule has 2 fully saturated rings. The first-order valence-electron chi connectivity index (χ1n) is 8.94. The van der Waals surface area contributed by atoms with Crippen molar-refractivity contribution in [1.29, 1.82) is 0 Å². The highest BCUT2D eigenvalue weighted by Crippen LogP contribution is 2.21. The maximum atomic E-state index is 12.4. The minimum atomic E-state index is -3.14. The molecule has 0 aromatic heterocycles. The molecule has 2 atom stereocenters. The van der Waals surface area contributed by atoms with E-state index in [-0.39, 0.29) is 36.0 Å². The van der Waals surface area contributed by atoms with Crippen LogP contribution in [0.15, 0.2) is 0 Å². The van der Waals surface area contributed by atoms with Crippen LogP contribution in [-0.2, 0) is 14.8 Å². The van der Waals surface area contributed by atoms with Gasteiger partial charge in [0.25, 0.3) is 0 Å². The zero-order chi connectivity index (χ0) is 16.9. The van der Waals surface area contributed by atoms with E-state index in [0.29, 0.717) is 38.4 Å². The average molecular weight is 382 g/mol. The highest BCUT2D eigenvalue weighted by molar-refractivity contribution is 7.89. The molecule has 0 aromatic rings. The number of unbranched alkanes of at least 4 members (excludes halogenated alkanes) is 1. The van der Waals surface area contributed by atoms with Crippen molar-refractivity contribution in [2.24, 2.45) is 5.92 Å². The van der Waals surface area contributed by atoms with Gasteiger partial charge in [0.15, 0.2) is 0 Å². The van der Waals surface area contributed by atoms with Crippen LogP contribution in [0.5, 0.6) is 0 Å². The van der Waals surface area contributed by atoms with E-state index in [2.05, 4.69) is 17.6 Å². The third-order valence-corrected chi connectivity index (χ3v) is 6.90. The Morgan fingerprint density at radius 3 is 2.50 bits per heavy atom. The van der Waals surface area contributed by atoms with Crippen molar-refractivity contribution in [2.75, 3.05) is 25.4 Å². The first-order valence-corrected chi connectivity index (χ1v) is 10.5. The van der Waals surface area contributed by atoms with E-state index in [1.165, 1.54) is 0 Å². The number of hydrogen-bond donors (Lipinski definition) is 2. The van der Waals surface area contributed by atoms with Gasteiger partial charge in [0.05, 0.1) is 5.75 Å². The minimum absolute atomic E-state index is 0. The van der Waals surface area contributed by atoms with Crippen LogP contribution in [0.3, 0.4) is 0 Å². The van der Waals surface area contributed by atoms with Crippen LogP contribution >= 0.6 is 12.4 Å². The third-order valence-electron chi connectivity index (χ3n) is 4.94. The molecule has 0 aromatic carbocycles. The van der Waals surface area contributed by atoms with Gasteiger partial charge in [-0.3, -0.25) is 4.79 Å². The lowest BCUT2D eigenvalue weighted by Crippen LogP contribution is -2.50. The first-order chi connectivity index (χ1) is 10.9. The number of sulfonamides is 1. The average Bonchev–Trinajstić information content (AvgIpc) is 2.53. The zero-order valence-corrected chi connectivity index (χ0v) is 16.4. The second-order valence-corrected chi connectivity index (χ2v) is 9.02. The molecule has 2 unspecified atom stereocenters. The van der Waals surface area contributed by atoms with Gasteiger partial charge in [-0.15, -0.1) is 12.4 Å². The van der Waals surface area contributed by atoms with Crippen molar-refractivity contribution in [3.63, 3.8) is 0 Å². The van der Waals surface area contributed by atoms with E-state index in [1.807, 2.05) is 6.92 Å². The van der Waals surface area contributed by atoms with E-state index in [4.69, 9.17) is 0 Å². The molecule has 1 amide bonds. The molecular formula is C16H32ClN3O3S. The summed E-state index contributed by atoms with van der Waals surface area (Å²) in [6, 6.07) is 0.699. The summed E-state index contributed by atoms with van der Waals surface area (Å²) in [6.07, 6.45) is 4.80. The minimum Gasteiger partial charge on any atom is -0.353 e. The highest BCUT2D eigenvalue weighted by Gasteiger charge is 2.31. The SMILES string of the molecule is CCCCS(=O)(=O)N1CCC(C(=O)NC2CCNC(C)C2)CC1.Cl. The van der Waals surface area contributed by atoms with Crippen molar-refractivity contribution >= 4 is 28.3 Å². The first kappa shape index (κ1) is 21.7. The van der Waals surface area contributed by atoms with Gasteiger partial charge in [-0.2, -0.15) is 0 Å². The third kappa shape index (κ3) is 6.17. The number of hydrogen-bond acceptors (Lipinski definition) is 4. The van der Waals surface area contributed by atoms with Crippen LogP contribution in [0.25, 0.3) is 0 Å². The number of carbonyl (C=O) groups is 1. The van der Waals surface area contributed by atoms with Crippen LogP contribution in [0, 0.1) is 5.92 Å². The largest absolute Gasteiger partial charge is 0.353 e. The summed E-state index contributed by atoms with van der Waals surface area (Å²) in [6.45, 7) is 6.03. The lowest BCUT2D eigenvalue weighted by molar-refractivity contribution is -0.127. The Balaban J connectivity index is 0.00000288. The van der Waals surface area contributed by atoms with Crippen LogP contribution in [0.2, 0.25) is 0 Å². The second kappa shape index (κ2) is 9.94. The number of nitrogens with one attached hydrogen (secondary N) is 2. The molecule has 0 spiro atoms. The van der Waals surface area contributed by atoms with E-state index in [0.717, 1.165) is 25.8 Å². The van der Waals surface area contributed by atoms with Crippen molar-refractivity contribution in [3.05, 3.63) is 0 Å². The van der Waals surface area contributed by atoms with E-state index in [9.17, 15) is 13.2 Å². The standard InChI is InChI=1S/C16H31N3O3S.ClH/c1-3-4-11-23(21,22)19-9-6-14(7-10-19)16(20)18-15-5-8-17-13(2)12-15;/h13-15,17H,3-12H2,1-2H3,(H,18,20);1H. The molecule has 2 heterocycles. The molecule has 2 rings (SSSR count). The van der Waals surface area contributed by atoms with Gasteiger partial charge in [0, 0.05) is 31.1 Å². The highest BCUT2D eigenvalue weighted by atomic mass is 35.5. The molecule has 142 valence electrons. The Bertz CT molecular complexity index is 493. The van der Waals surface area contributed by atoms with Crippen molar-refractivity contribution in [1.82, 2.24) is 14.9 Å². The van der Waals surface area contributed by atoms with Crippen LogP contribution in [-0.4, -0.2) is 56.1 Å². The lowest BCUT2D eigenvalue weighted by atomic mass is 9.95. The van der Waals surface area contributed by atoms with Crippen LogP contribution in [0.1, 0.15) is 52.4 Å². The lowest BCUT2D eigenvalue weighted by Gasteiger charge is -2.33. The van der Waals surface area contributed by atoms with Gasteiger partial charge in [-0.25, -0.2) is 12.7 Å². The monoisotopic (exact) mass is 381 g/mol. The molecule has 2 aliphatic rings. The molecule has 8 heteroatoms. The van der Waals surface area contributed by atoms with Crippen LogP contribution in [0.4, 0.5) is 0 Å². The Labute approximate surface area is 152 Å². The number of carbonyl (C=O) groups excluding carboxylic acids is 1. The number of piperidine rings is 2. The van der Waals surface area contributed by atoms with Gasteiger partial charge in [0.1, 0.15) is 0 Å². The molecule has 2 aliphatic heterocycles. The van der Waals surface area contributed by atoms with E-state index >= 15 is 0 Å². The second-order valence-electron chi connectivity index (χ2n) is 6.93. The van der Waals surface area contributed by atoms with Gasteiger partial charge < -0.3 is 10.6 Å². The van der Waals surface area contributed by atoms with Crippen molar-refractivity contribution in [2.45, 2.75) is 64.5 Å². The smallest absolute Gasteiger partial charge is 0.223 e. The fourth-order valence-electron chi connectivity index (χ4n) is 3.43. The molecule has 0 radical (unpaired) electrons. The summed E-state index contributed by atoms with van der Waals surface area (Å²) >= 11 is 0. The zero-order valence-electron chi connectivity index (χ0n) is 14.8. The summed E-state index contributed by atoms with van der Waals surface area (Å²) in [4.78, 5) is 12.4. The fourth-order valence-corrected chi connectivity index (χ4v) is 5.11. The normalized spacial score (nSPS) is 26.6. The molecule has 6 nitrogen and oxygen atoms in total. The Morgan fingerprint density at radius 2 is 1.92 bits per heavy atom. The molecule has 0 saturated carbocycles. The summed E-state index contributed by atoms with van der Waals surface area (Å²) in [5, 5.41) is 6.54. The van der Waals surface area contributed by atoms with E-state index in [1.54, 1.807) is 4.31 Å². The summed E-state index contributed by atoms with van der Waals surface area (Å²) in [5.41, 5.74) is 0. The van der Waals surface area contributed by atoms with Gasteiger partial charge in [-0.05, 0) is 45.6 Å². The Hall–Kier alpha value is -0.370. The van der Waals surface area contributed by atoms with Crippen molar-refractivity contribution in [3.8, 4) is 0 Å². The predicted octanol–water partition coefficient (Wildman–Crippen LogP) is 1.51. The maximum absolute atomic E-state index is 12.4. The fraction of sp³-hybridized carbons (Fsp3) is 0.938. The Morgan fingerprint density at radius 1 is 1.25 bits per heavy atom. The van der Waals surface area contributed by atoms with Crippen LogP contribution < -0.4 is 10.6 Å². The molecule has 24 heavy (non-hydrogen) atoms. The maximum Gasteiger partial charge on any atom is 0.223 e. The van der Waals surface area contributed by atoms with Gasteiger partial charge in [0.2, 0.25) is 15.9 Å². The predicted molar refractivity (Wildman–Crippen MR) is 98.9 cm³/mol. The van der Waals surface area contributed by atoms with Gasteiger partial charge in [-0.1, -0.05) is 13.3 Å².